The van der Waals surface area contributed by atoms with Crippen molar-refractivity contribution in [1.82, 2.24) is 4.57 Å². The molecule has 2 aromatic carbocycles. The van der Waals surface area contributed by atoms with E-state index in [9.17, 15) is 20.4 Å². The van der Waals surface area contributed by atoms with Crippen LogP contribution < -0.4 is 4.74 Å². The van der Waals surface area contributed by atoms with Crippen LogP contribution in [0.5, 0.6) is 5.75 Å². The number of aliphatic hydroxyl groups excluding tert-OH is 4. The van der Waals surface area contributed by atoms with E-state index in [0.29, 0.717) is 17.1 Å². The second-order valence-corrected chi connectivity index (χ2v) is 9.96. The predicted molar refractivity (Wildman–Crippen MR) is 126 cm³/mol. The van der Waals surface area contributed by atoms with E-state index in [1.54, 1.807) is 16.8 Å². The van der Waals surface area contributed by atoms with E-state index in [1.807, 2.05) is 36.4 Å². The summed E-state index contributed by atoms with van der Waals surface area (Å²) in [6, 6.07) is 13.3. The van der Waals surface area contributed by atoms with E-state index in [0.717, 1.165) is 34.0 Å². The number of hydrogen-bond donors (Lipinski definition) is 4. The molecule has 2 fully saturated rings. The lowest BCUT2D eigenvalue weighted by molar-refractivity contribution is -0.250. The van der Waals surface area contributed by atoms with Gasteiger partial charge in [-0.3, -0.25) is 0 Å². The molecule has 3 heterocycles. The van der Waals surface area contributed by atoms with Crippen molar-refractivity contribution >= 4 is 34.3 Å². The summed E-state index contributed by atoms with van der Waals surface area (Å²) in [4.78, 5) is 1.84. The zero-order valence-corrected chi connectivity index (χ0v) is 19.7. The summed E-state index contributed by atoms with van der Waals surface area (Å²) >= 11 is 8.04. The highest BCUT2D eigenvalue weighted by atomic mass is 35.5. The maximum atomic E-state index is 10.7. The molecule has 8 nitrogen and oxygen atoms in total. The lowest BCUT2D eigenvalue weighted by Crippen LogP contribution is -2.56. The van der Waals surface area contributed by atoms with Crippen LogP contribution in [0.15, 0.2) is 58.5 Å². The summed E-state index contributed by atoms with van der Waals surface area (Å²) in [6.07, 6.45) is -3.63. The first kappa shape index (κ1) is 23.9. The Morgan fingerprint density at radius 2 is 1.85 bits per heavy atom. The van der Waals surface area contributed by atoms with Crippen LogP contribution >= 0.6 is 23.4 Å². The van der Waals surface area contributed by atoms with Crippen molar-refractivity contribution in [2.45, 2.75) is 53.0 Å². The Hall–Kier alpha value is -1.82. The maximum Gasteiger partial charge on any atom is 0.163 e. The maximum absolute atomic E-state index is 10.7. The van der Waals surface area contributed by atoms with Crippen LogP contribution in [-0.4, -0.2) is 75.3 Å². The van der Waals surface area contributed by atoms with Crippen molar-refractivity contribution in [3.05, 3.63) is 53.7 Å². The van der Waals surface area contributed by atoms with Crippen LogP contribution in [0, 0.1) is 0 Å². The largest absolute Gasteiger partial charge is 0.488 e. The SMILES string of the molecule is OC[C@H]1O[C@@H](n2cc(Sc3ccc(OC4CCOC4)cc3)c3cccc(Cl)c32)[C@H](O)[C@@H](O)[C@@H]1O. The van der Waals surface area contributed by atoms with Gasteiger partial charge in [-0.1, -0.05) is 35.5 Å². The minimum atomic E-state index is -1.48. The van der Waals surface area contributed by atoms with E-state index >= 15 is 0 Å². The Bertz CT molecular complexity index is 1130. The molecule has 34 heavy (non-hydrogen) atoms. The van der Waals surface area contributed by atoms with Gasteiger partial charge < -0.3 is 39.2 Å². The molecule has 182 valence electrons. The molecule has 1 aromatic heterocycles. The Morgan fingerprint density at radius 1 is 1.06 bits per heavy atom. The second-order valence-electron chi connectivity index (χ2n) is 8.43. The van der Waals surface area contributed by atoms with E-state index in [1.165, 1.54) is 11.8 Å². The number of halogens is 1. The van der Waals surface area contributed by atoms with Gasteiger partial charge in [0.15, 0.2) is 6.23 Å². The summed E-state index contributed by atoms with van der Waals surface area (Å²) in [6.45, 7) is 0.825. The molecule has 0 aliphatic carbocycles. The third-order valence-corrected chi connectivity index (χ3v) is 7.51. The minimum Gasteiger partial charge on any atom is -0.488 e. The van der Waals surface area contributed by atoms with Crippen LogP contribution in [0.3, 0.4) is 0 Å². The molecule has 0 saturated carbocycles. The highest BCUT2D eigenvalue weighted by molar-refractivity contribution is 7.99. The van der Waals surface area contributed by atoms with Crippen molar-refractivity contribution < 1.29 is 34.6 Å². The predicted octanol–water partition coefficient (Wildman–Crippen LogP) is 2.59. The van der Waals surface area contributed by atoms with E-state index in [-0.39, 0.29) is 6.10 Å². The fourth-order valence-electron chi connectivity index (χ4n) is 4.34. The van der Waals surface area contributed by atoms with Crippen LogP contribution in [-0.2, 0) is 9.47 Å². The number of rotatable bonds is 6. The lowest BCUT2D eigenvalue weighted by Gasteiger charge is -2.40. The van der Waals surface area contributed by atoms with Crippen molar-refractivity contribution in [3.8, 4) is 5.75 Å². The quantitative estimate of drug-likeness (QED) is 0.402. The summed E-state index contributed by atoms with van der Waals surface area (Å²) in [5.41, 5.74) is 0.622. The Labute approximate surface area is 205 Å². The van der Waals surface area contributed by atoms with Gasteiger partial charge in [-0.25, -0.2) is 0 Å². The number of para-hydroxylation sites is 1. The zero-order valence-electron chi connectivity index (χ0n) is 18.2. The first-order chi connectivity index (χ1) is 16.5. The number of nitrogens with zero attached hydrogens (tertiary/aromatic N) is 1. The fraction of sp³-hybridized carbons (Fsp3) is 0.417. The summed E-state index contributed by atoms with van der Waals surface area (Å²) < 4.78 is 18.7. The van der Waals surface area contributed by atoms with E-state index in [2.05, 4.69) is 0 Å². The number of hydrogen-bond acceptors (Lipinski definition) is 8. The number of fused-ring (bicyclic) bond motifs is 1. The first-order valence-corrected chi connectivity index (χ1v) is 12.3. The molecule has 1 unspecified atom stereocenters. The molecule has 10 heteroatoms. The van der Waals surface area contributed by atoms with Gasteiger partial charge in [-0.15, -0.1) is 0 Å². The molecule has 0 spiro atoms. The zero-order chi connectivity index (χ0) is 23.8. The highest BCUT2D eigenvalue weighted by Crippen LogP contribution is 2.41. The molecule has 2 saturated heterocycles. The van der Waals surface area contributed by atoms with Gasteiger partial charge in [0, 0.05) is 27.8 Å². The molecule has 0 amide bonds. The lowest BCUT2D eigenvalue weighted by atomic mass is 9.98. The van der Waals surface area contributed by atoms with Crippen LogP contribution in [0.1, 0.15) is 12.6 Å². The van der Waals surface area contributed by atoms with Crippen molar-refractivity contribution in [2.24, 2.45) is 0 Å². The molecule has 2 aliphatic heterocycles. The van der Waals surface area contributed by atoms with Gasteiger partial charge in [0.25, 0.3) is 0 Å². The molecule has 0 bridgehead atoms. The number of aromatic nitrogens is 1. The van der Waals surface area contributed by atoms with Crippen molar-refractivity contribution in [3.63, 3.8) is 0 Å². The van der Waals surface area contributed by atoms with E-state index < -0.39 is 37.3 Å². The van der Waals surface area contributed by atoms with E-state index in [4.69, 9.17) is 25.8 Å². The van der Waals surface area contributed by atoms with Crippen molar-refractivity contribution in [2.75, 3.05) is 19.8 Å². The number of ether oxygens (including phenoxy) is 3. The van der Waals surface area contributed by atoms with Crippen molar-refractivity contribution in [1.29, 1.82) is 0 Å². The summed E-state index contributed by atoms with van der Waals surface area (Å²) in [5.74, 6) is 0.784. The van der Waals surface area contributed by atoms with Gasteiger partial charge in [0.05, 0.1) is 30.4 Å². The molecular formula is C24H26ClNO7S. The molecular weight excluding hydrogens is 482 g/mol. The fourth-order valence-corrected chi connectivity index (χ4v) is 5.58. The third kappa shape index (κ3) is 4.55. The first-order valence-electron chi connectivity index (χ1n) is 11.1. The van der Waals surface area contributed by atoms with Gasteiger partial charge >= 0.3 is 0 Å². The van der Waals surface area contributed by atoms with Gasteiger partial charge in [-0.05, 0) is 30.3 Å². The Morgan fingerprint density at radius 3 is 2.56 bits per heavy atom. The molecule has 0 radical (unpaired) electrons. The average molecular weight is 508 g/mol. The molecule has 6 atom stereocenters. The van der Waals surface area contributed by atoms with Gasteiger partial charge in [-0.2, -0.15) is 0 Å². The average Bonchev–Trinajstić information content (AvgIpc) is 3.48. The normalized spacial score (nSPS) is 29.6. The smallest absolute Gasteiger partial charge is 0.163 e. The third-order valence-electron chi connectivity index (χ3n) is 6.15. The van der Waals surface area contributed by atoms with Crippen LogP contribution in [0.2, 0.25) is 5.02 Å². The Kier molecular flexibility index (Phi) is 7.06. The molecule has 5 rings (SSSR count). The highest BCUT2D eigenvalue weighted by Gasteiger charge is 2.44. The Balaban J connectivity index is 1.44. The van der Waals surface area contributed by atoms with Crippen LogP contribution in [0.4, 0.5) is 0 Å². The van der Waals surface area contributed by atoms with Crippen LogP contribution in [0.25, 0.3) is 10.9 Å². The summed E-state index contributed by atoms with van der Waals surface area (Å²) in [7, 11) is 0. The second kappa shape index (κ2) is 10.0. The number of benzene rings is 2. The monoisotopic (exact) mass is 507 g/mol. The minimum absolute atomic E-state index is 0.0807. The standard InChI is InChI=1S/C24H26ClNO7S/c25-17-3-1-2-16-19(34-15-6-4-13(5-7-15)32-14-8-9-31-12-14)10-26(20(16)17)24-23(30)22(29)21(28)18(11-27)33-24/h1-7,10,14,18,21-24,27-30H,8-9,11-12H2/t14?,18-,21-,22+,23-,24-/m1/s1. The van der Waals surface area contributed by atoms with Gasteiger partial charge in [0.2, 0.25) is 0 Å². The van der Waals surface area contributed by atoms with Gasteiger partial charge in [0.1, 0.15) is 36.3 Å². The summed E-state index contributed by atoms with van der Waals surface area (Å²) in [5, 5.41) is 42.0. The number of aliphatic hydroxyl groups is 4. The topological polar surface area (TPSA) is 114 Å². The molecule has 4 N–H and O–H groups in total. The molecule has 3 aromatic rings. The molecule has 2 aliphatic rings.